The van der Waals surface area contributed by atoms with Crippen LogP contribution < -0.4 is 5.32 Å². The highest BCUT2D eigenvalue weighted by molar-refractivity contribution is 5.75. The highest BCUT2D eigenvalue weighted by Gasteiger charge is 2.31. The third-order valence-electron chi connectivity index (χ3n) is 3.97. The summed E-state index contributed by atoms with van der Waals surface area (Å²) >= 11 is 0. The van der Waals surface area contributed by atoms with Crippen LogP contribution in [0, 0.1) is 17.8 Å². The summed E-state index contributed by atoms with van der Waals surface area (Å²) < 4.78 is 4.88. The van der Waals surface area contributed by atoms with Gasteiger partial charge in [0, 0.05) is 6.04 Å². The van der Waals surface area contributed by atoms with Crippen molar-refractivity contribution in [2.45, 2.75) is 59.0 Å². The van der Waals surface area contributed by atoms with Gasteiger partial charge in [-0.2, -0.15) is 0 Å². The van der Waals surface area contributed by atoms with Crippen molar-refractivity contribution in [1.29, 1.82) is 0 Å². The predicted octanol–water partition coefficient (Wildman–Crippen LogP) is 2.60. The Morgan fingerprint density at radius 1 is 1.29 bits per heavy atom. The van der Waals surface area contributed by atoms with Crippen LogP contribution in [0.15, 0.2) is 0 Å². The Labute approximate surface area is 105 Å². The van der Waals surface area contributed by atoms with Crippen LogP contribution in [-0.2, 0) is 9.53 Å². The van der Waals surface area contributed by atoms with Gasteiger partial charge in [0.25, 0.3) is 0 Å². The Hall–Kier alpha value is -0.570. The lowest BCUT2D eigenvalue weighted by atomic mass is 9.79. The second kappa shape index (κ2) is 6.39. The van der Waals surface area contributed by atoms with E-state index in [2.05, 4.69) is 33.0 Å². The summed E-state index contributed by atoms with van der Waals surface area (Å²) in [4.78, 5) is 11.7. The molecule has 1 aliphatic rings. The number of nitrogens with one attached hydrogen (secondary N) is 1. The van der Waals surface area contributed by atoms with E-state index in [9.17, 15) is 4.79 Å². The van der Waals surface area contributed by atoms with E-state index in [0.29, 0.717) is 12.0 Å². The Bertz CT molecular complexity index is 253. The van der Waals surface area contributed by atoms with Gasteiger partial charge in [-0.3, -0.25) is 4.79 Å². The molecule has 3 unspecified atom stereocenters. The summed E-state index contributed by atoms with van der Waals surface area (Å²) in [7, 11) is 1.46. The van der Waals surface area contributed by atoms with Gasteiger partial charge in [-0.25, -0.2) is 0 Å². The predicted molar refractivity (Wildman–Crippen MR) is 69.7 cm³/mol. The Morgan fingerprint density at radius 2 is 1.94 bits per heavy atom. The number of hydrogen-bond donors (Lipinski definition) is 1. The summed E-state index contributed by atoms with van der Waals surface area (Å²) in [6.45, 7) is 8.69. The molecule has 1 saturated carbocycles. The van der Waals surface area contributed by atoms with E-state index in [1.807, 2.05) is 0 Å². The first-order valence-electron chi connectivity index (χ1n) is 6.79. The van der Waals surface area contributed by atoms with Crippen LogP contribution in [0.2, 0.25) is 0 Å². The van der Waals surface area contributed by atoms with Gasteiger partial charge in [0.05, 0.1) is 7.11 Å². The lowest BCUT2D eigenvalue weighted by molar-refractivity contribution is -0.144. The standard InChI is InChI=1S/C14H27NO2/c1-9(2)13(14(16)17-5)15-12-8-10(3)6-7-11(12)4/h9-13,15H,6-8H2,1-5H3/t10?,11?,12?,13-/m0/s1. The fourth-order valence-electron chi connectivity index (χ4n) is 2.65. The molecular weight excluding hydrogens is 214 g/mol. The number of methoxy groups -OCH3 is 1. The van der Waals surface area contributed by atoms with E-state index in [1.54, 1.807) is 0 Å². The smallest absolute Gasteiger partial charge is 0.323 e. The molecule has 3 nitrogen and oxygen atoms in total. The molecule has 1 N–H and O–H groups in total. The average Bonchev–Trinajstić information content (AvgIpc) is 2.28. The molecule has 1 fully saturated rings. The molecule has 3 heteroatoms. The lowest BCUT2D eigenvalue weighted by Crippen LogP contribution is -2.51. The molecule has 0 aliphatic heterocycles. The minimum Gasteiger partial charge on any atom is -0.468 e. The SMILES string of the molecule is COC(=O)[C@@H](NC1CC(C)CCC1C)C(C)C. The van der Waals surface area contributed by atoms with E-state index in [0.717, 1.165) is 5.92 Å². The van der Waals surface area contributed by atoms with Crippen LogP contribution in [0.1, 0.15) is 47.0 Å². The third-order valence-corrected chi connectivity index (χ3v) is 3.97. The molecule has 0 radical (unpaired) electrons. The van der Waals surface area contributed by atoms with Crippen molar-refractivity contribution in [3.63, 3.8) is 0 Å². The molecule has 0 heterocycles. The Kier molecular flexibility index (Phi) is 5.44. The minimum atomic E-state index is -0.169. The average molecular weight is 241 g/mol. The maximum absolute atomic E-state index is 11.7. The summed E-state index contributed by atoms with van der Waals surface area (Å²) in [5.41, 5.74) is 0. The zero-order valence-electron chi connectivity index (χ0n) is 11.8. The van der Waals surface area contributed by atoms with Crippen LogP contribution in [0.4, 0.5) is 0 Å². The molecule has 1 rings (SSSR count). The number of rotatable bonds is 4. The minimum absolute atomic E-state index is 0.134. The maximum Gasteiger partial charge on any atom is 0.323 e. The highest BCUT2D eigenvalue weighted by atomic mass is 16.5. The molecule has 1 aliphatic carbocycles. The molecular formula is C14H27NO2. The first-order chi connectivity index (χ1) is 7.95. The monoisotopic (exact) mass is 241 g/mol. The van der Waals surface area contributed by atoms with Gasteiger partial charge in [-0.05, 0) is 30.6 Å². The summed E-state index contributed by atoms with van der Waals surface area (Å²) in [6, 6.07) is 0.281. The van der Waals surface area contributed by atoms with Gasteiger partial charge in [-0.1, -0.05) is 34.1 Å². The summed E-state index contributed by atoms with van der Waals surface area (Å²) in [6.07, 6.45) is 3.73. The van der Waals surface area contributed by atoms with E-state index in [1.165, 1.54) is 26.4 Å². The first-order valence-corrected chi connectivity index (χ1v) is 6.79. The lowest BCUT2D eigenvalue weighted by Gasteiger charge is -2.36. The van der Waals surface area contributed by atoms with Gasteiger partial charge < -0.3 is 10.1 Å². The molecule has 0 aromatic carbocycles. The van der Waals surface area contributed by atoms with Crippen molar-refractivity contribution >= 4 is 5.97 Å². The molecule has 17 heavy (non-hydrogen) atoms. The second-order valence-electron chi connectivity index (χ2n) is 5.91. The molecule has 4 atom stereocenters. The van der Waals surface area contributed by atoms with Gasteiger partial charge >= 0.3 is 5.97 Å². The van der Waals surface area contributed by atoms with Gasteiger partial charge in [-0.15, -0.1) is 0 Å². The van der Waals surface area contributed by atoms with Gasteiger partial charge in [0.1, 0.15) is 6.04 Å². The molecule has 100 valence electrons. The summed E-state index contributed by atoms with van der Waals surface area (Å²) in [5.74, 6) is 1.54. The molecule has 0 aromatic heterocycles. The normalized spacial score (nSPS) is 31.3. The zero-order valence-corrected chi connectivity index (χ0v) is 11.8. The van der Waals surface area contributed by atoms with Crippen molar-refractivity contribution < 1.29 is 9.53 Å². The number of carbonyl (C=O) groups excluding carboxylic acids is 1. The molecule has 0 saturated heterocycles. The van der Waals surface area contributed by atoms with Crippen LogP contribution >= 0.6 is 0 Å². The third kappa shape index (κ3) is 3.98. The van der Waals surface area contributed by atoms with Gasteiger partial charge in [0.2, 0.25) is 0 Å². The number of hydrogen-bond acceptors (Lipinski definition) is 3. The second-order valence-corrected chi connectivity index (χ2v) is 5.91. The zero-order chi connectivity index (χ0) is 13.0. The number of carbonyl (C=O) groups is 1. The first kappa shape index (κ1) is 14.5. The van der Waals surface area contributed by atoms with Crippen LogP contribution in [-0.4, -0.2) is 25.2 Å². The van der Waals surface area contributed by atoms with E-state index >= 15 is 0 Å². The van der Waals surface area contributed by atoms with Crippen LogP contribution in [0.5, 0.6) is 0 Å². The van der Waals surface area contributed by atoms with Crippen LogP contribution in [0.3, 0.4) is 0 Å². The van der Waals surface area contributed by atoms with E-state index in [-0.39, 0.29) is 17.9 Å². The summed E-state index contributed by atoms with van der Waals surface area (Å²) in [5, 5.41) is 3.51. The number of esters is 1. The molecule has 0 aromatic rings. The maximum atomic E-state index is 11.7. The quantitative estimate of drug-likeness (QED) is 0.769. The highest BCUT2D eigenvalue weighted by Crippen LogP contribution is 2.29. The Morgan fingerprint density at radius 3 is 2.47 bits per heavy atom. The fraction of sp³-hybridized carbons (Fsp3) is 0.929. The molecule has 0 amide bonds. The van der Waals surface area contributed by atoms with Crippen LogP contribution in [0.25, 0.3) is 0 Å². The van der Waals surface area contributed by atoms with Gasteiger partial charge in [0.15, 0.2) is 0 Å². The van der Waals surface area contributed by atoms with Crippen molar-refractivity contribution in [2.24, 2.45) is 17.8 Å². The largest absolute Gasteiger partial charge is 0.468 e. The number of ether oxygens (including phenoxy) is 1. The van der Waals surface area contributed by atoms with Crippen molar-refractivity contribution in [3.8, 4) is 0 Å². The molecule has 0 spiro atoms. The van der Waals surface area contributed by atoms with Crippen molar-refractivity contribution in [3.05, 3.63) is 0 Å². The van der Waals surface area contributed by atoms with E-state index in [4.69, 9.17) is 4.74 Å². The van der Waals surface area contributed by atoms with Crippen molar-refractivity contribution in [2.75, 3.05) is 7.11 Å². The fourth-order valence-corrected chi connectivity index (χ4v) is 2.65. The van der Waals surface area contributed by atoms with E-state index < -0.39 is 0 Å². The molecule has 0 bridgehead atoms. The van der Waals surface area contributed by atoms with Crippen molar-refractivity contribution in [1.82, 2.24) is 5.32 Å². The topological polar surface area (TPSA) is 38.3 Å². The Balaban J connectivity index is 2.62.